The molecular weight excluding hydrogens is 531 g/mol. The standard InChI is InChI=1S/C28H27F2N5O3.K/c1-16-9-24-33-17(2)22(10-18-5-3-4-6-23(18)38-26(29)30)35(24)15-21(16)19-12-31-27(32-13-19)34-8-7-28(25(36)37)11-20(28)14-34;/h3-6,9,12-13,15,20,26H,7-8,10-11,14H2,1-2H3,(H,36,37);/q;+1/p-1. The number of carbonyl (C=O) groups excluding carboxylic acids is 1. The van der Waals surface area contributed by atoms with Gasteiger partial charge in [0, 0.05) is 71.9 Å². The minimum absolute atomic E-state index is 0. The van der Waals surface area contributed by atoms with E-state index in [0.29, 0.717) is 43.9 Å². The van der Waals surface area contributed by atoms with Crippen molar-refractivity contribution in [2.24, 2.45) is 11.3 Å². The predicted octanol–water partition coefficient (Wildman–Crippen LogP) is 0.571. The Kier molecular flexibility index (Phi) is 7.82. The van der Waals surface area contributed by atoms with Crippen LogP contribution in [0.5, 0.6) is 5.75 Å². The monoisotopic (exact) mass is 557 g/mol. The Bertz CT molecular complexity index is 1540. The first-order valence-corrected chi connectivity index (χ1v) is 12.5. The van der Waals surface area contributed by atoms with Crippen molar-refractivity contribution in [1.82, 2.24) is 19.4 Å². The van der Waals surface area contributed by atoms with Crippen molar-refractivity contribution in [3.63, 3.8) is 0 Å². The fourth-order valence-electron chi connectivity index (χ4n) is 5.68. The summed E-state index contributed by atoms with van der Waals surface area (Å²) in [5.41, 5.74) is 5.19. The molecule has 4 heterocycles. The van der Waals surface area contributed by atoms with Crippen LogP contribution in [-0.2, 0) is 11.2 Å². The number of nitrogens with zero attached hydrogens (tertiary/aromatic N) is 5. The van der Waals surface area contributed by atoms with Gasteiger partial charge in [-0.2, -0.15) is 8.78 Å². The van der Waals surface area contributed by atoms with Gasteiger partial charge in [-0.1, -0.05) is 18.2 Å². The van der Waals surface area contributed by atoms with Gasteiger partial charge in [0.05, 0.1) is 5.69 Å². The molecule has 1 saturated carbocycles. The van der Waals surface area contributed by atoms with Gasteiger partial charge in [-0.3, -0.25) is 0 Å². The number of hydrogen-bond donors (Lipinski definition) is 0. The summed E-state index contributed by atoms with van der Waals surface area (Å²) in [6.07, 6.45) is 7.12. The van der Waals surface area contributed by atoms with E-state index < -0.39 is 18.0 Å². The van der Waals surface area contributed by atoms with Crippen LogP contribution in [0.2, 0.25) is 0 Å². The number of ether oxygens (including phenoxy) is 1. The summed E-state index contributed by atoms with van der Waals surface area (Å²) in [7, 11) is 0. The summed E-state index contributed by atoms with van der Waals surface area (Å²) in [6.45, 7) is 2.20. The summed E-state index contributed by atoms with van der Waals surface area (Å²) in [5, 5.41) is 11.5. The molecule has 196 valence electrons. The van der Waals surface area contributed by atoms with Gasteiger partial charge in [-0.25, -0.2) is 15.0 Å². The molecule has 0 amide bonds. The van der Waals surface area contributed by atoms with Gasteiger partial charge >= 0.3 is 58.0 Å². The number of hydrogen-bond acceptors (Lipinski definition) is 7. The van der Waals surface area contributed by atoms with Crippen LogP contribution >= 0.6 is 0 Å². The number of carbonyl (C=O) groups is 1. The Labute approximate surface area is 266 Å². The minimum atomic E-state index is -2.90. The number of fused-ring (bicyclic) bond motifs is 2. The summed E-state index contributed by atoms with van der Waals surface area (Å²) < 4.78 is 32.6. The Morgan fingerprint density at radius 1 is 1.23 bits per heavy atom. The smallest absolute Gasteiger partial charge is 0.550 e. The first-order valence-electron chi connectivity index (χ1n) is 12.5. The average molecular weight is 558 g/mol. The number of pyridine rings is 1. The normalized spacial score (nSPS) is 20.0. The Balaban J connectivity index is 0.00000308. The molecule has 3 aromatic heterocycles. The summed E-state index contributed by atoms with van der Waals surface area (Å²) in [5.74, 6) is -0.119. The van der Waals surface area contributed by atoms with Crippen molar-refractivity contribution in [2.45, 2.75) is 39.7 Å². The predicted molar refractivity (Wildman–Crippen MR) is 134 cm³/mol. The van der Waals surface area contributed by atoms with E-state index in [1.54, 1.807) is 36.7 Å². The SMILES string of the molecule is Cc1cc2nc(C)c(Cc3ccccc3OC(F)F)n2cc1-c1cnc(N2CCC3(C(=O)[O-])CC3C2)nc1.[K+]. The van der Waals surface area contributed by atoms with E-state index in [0.717, 1.165) is 33.7 Å². The molecule has 39 heavy (non-hydrogen) atoms. The molecule has 0 bridgehead atoms. The minimum Gasteiger partial charge on any atom is -0.550 e. The molecule has 0 radical (unpaired) electrons. The van der Waals surface area contributed by atoms with E-state index >= 15 is 0 Å². The maximum Gasteiger partial charge on any atom is 1.00 e. The van der Waals surface area contributed by atoms with Gasteiger partial charge in [0.2, 0.25) is 5.95 Å². The number of aryl methyl sites for hydroxylation is 2. The number of halogens is 2. The summed E-state index contributed by atoms with van der Waals surface area (Å²) in [4.78, 5) is 27.4. The molecule has 2 aliphatic rings. The van der Waals surface area contributed by atoms with Crippen LogP contribution in [0.1, 0.15) is 35.4 Å². The fraction of sp³-hybridized carbons (Fsp3) is 0.357. The van der Waals surface area contributed by atoms with Crippen LogP contribution in [0.4, 0.5) is 14.7 Å². The van der Waals surface area contributed by atoms with Crippen LogP contribution in [0.25, 0.3) is 16.8 Å². The number of rotatable bonds is 7. The van der Waals surface area contributed by atoms with Crippen molar-refractivity contribution in [2.75, 3.05) is 18.0 Å². The zero-order valence-corrected chi connectivity index (χ0v) is 25.1. The summed E-state index contributed by atoms with van der Waals surface area (Å²) in [6, 6.07) is 8.77. The van der Waals surface area contributed by atoms with E-state index in [9.17, 15) is 18.7 Å². The third-order valence-corrected chi connectivity index (χ3v) is 7.95. The van der Waals surface area contributed by atoms with Crippen LogP contribution in [0, 0.1) is 25.2 Å². The molecular formula is C28H26F2KN5O3. The van der Waals surface area contributed by atoms with Crippen LogP contribution in [0.15, 0.2) is 48.9 Å². The average Bonchev–Trinajstić information content (AvgIpc) is 3.57. The molecule has 11 heteroatoms. The molecule has 6 rings (SSSR count). The molecule has 1 aliphatic heterocycles. The molecule has 0 spiro atoms. The molecule has 1 aromatic carbocycles. The van der Waals surface area contributed by atoms with Crippen molar-refractivity contribution in [3.05, 3.63) is 71.4 Å². The van der Waals surface area contributed by atoms with E-state index in [1.807, 2.05) is 35.4 Å². The zero-order valence-electron chi connectivity index (χ0n) is 22.0. The zero-order chi connectivity index (χ0) is 26.6. The first-order chi connectivity index (χ1) is 18.2. The number of anilines is 1. The third-order valence-electron chi connectivity index (χ3n) is 7.95. The largest absolute Gasteiger partial charge is 1.00 e. The van der Waals surface area contributed by atoms with Crippen LogP contribution in [0.3, 0.4) is 0 Å². The number of benzene rings is 1. The van der Waals surface area contributed by atoms with Gasteiger partial charge in [0.1, 0.15) is 11.4 Å². The number of piperidine rings is 1. The van der Waals surface area contributed by atoms with Gasteiger partial charge in [-0.05, 0) is 50.3 Å². The number of aliphatic carboxylic acids is 1. The molecule has 8 nitrogen and oxygen atoms in total. The quantitative estimate of drug-likeness (QED) is 0.307. The molecule has 1 aliphatic carbocycles. The van der Waals surface area contributed by atoms with Crippen molar-refractivity contribution < 1.29 is 74.8 Å². The molecule has 2 fully saturated rings. The van der Waals surface area contributed by atoms with Crippen molar-refractivity contribution in [1.29, 1.82) is 0 Å². The Morgan fingerprint density at radius 3 is 2.67 bits per heavy atom. The second-order valence-corrected chi connectivity index (χ2v) is 10.2. The van der Waals surface area contributed by atoms with E-state index in [2.05, 4.69) is 15.0 Å². The van der Waals surface area contributed by atoms with Gasteiger partial charge in [0.15, 0.2) is 0 Å². The van der Waals surface area contributed by atoms with E-state index in [1.165, 1.54) is 0 Å². The van der Waals surface area contributed by atoms with E-state index in [4.69, 9.17) is 4.74 Å². The van der Waals surface area contributed by atoms with Crippen LogP contribution < -0.4 is 66.1 Å². The maximum atomic E-state index is 12.9. The fourth-order valence-corrected chi connectivity index (χ4v) is 5.68. The second-order valence-electron chi connectivity index (χ2n) is 10.2. The Hall–Kier alpha value is -2.44. The number of carboxylic acid groups (broad SMARTS) is 1. The number of para-hydroxylation sites is 1. The van der Waals surface area contributed by atoms with Crippen LogP contribution in [-0.4, -0.2) is 45.0 Å². The third kappa shape index (κ3) is 5.22. The number of carboxylic acids is 1. The van der Waals surface area contributed by atoms with Crippen molar-refractivity contribution in [3.8, 4) is 16.9 Å². The van der Waals surface area contributed by atoms with Crippen molar-refractivity contribution >= 4 is 17.6 Å². The number of imidazole rings is 1. The van der Waals surface area contributed by atoms with Gasteiger partial charge < -0.3 is 23.9 Å². The number of aromatic nitrogens is 4. The Morgan fingerprint density at radius 2 is 1.97 bits per heavy atom. The number of alkyl halides is 2. The molecule has 2 unspecified atom stereocenters. The maximum absolute atomic E-state index is 12.9. The van der Waals surface area contributed by atoms with E-state index in [-0.39, 0.29) is 63.1 Å². The molecule has 4 aromatic rings. The summed E-state index contributed by atoms with van der Waals surface area (Å²) >= 11 is 0. The first kappa shape index (κ1) is 28.1. The molecule has 1 saturated heterocycles. The van der Waals surface area contributed by atoms with Gasteiger partial charge in [0.25, 0.3) is 0 Å². The topological polar surface area (TPSA) is 95.7 Å². The van der Waals surface area contributed by atoms with Gasteiger partial charge in [-0.15, -0.1) is 0 Å². The molecule has 2 atom stereocenters. The molecule has 0 N–H and O–H groups in total. The second kappa shape index (κ2) is 10.9.